The molecule has 0 saturated carbocycles. The quantitative estimate of drug-likeness (QED) is 0.136. The molecule has 0 atom stereocenters. The Balaban J connectivity index is 1.60. The number of nitrogen functional groups attached to an aromatic ring is 1. The Kier molecular flexibility index (Phi) is 8.01. The third kappa shape index (κ3) is 5.71. The average molecular weight is 562 g/mol. The minimum atomic E-state index is -1.10. The van der Waals surface area contributed by atoms with Crippen LogP contribution in [-0.4, -0.2) is 39.5 Å². The van der Waals surface area contributed by atoms with E-state index in [1.54, 1.807) is 30.5 Å². The van der Waals surface area contributed by atoms with Gasteiger partial charge in [0.15, 0.2) is 0 Å². The summed E-state index contributed by atoms with van der Waals surface area (Å²) < 4.78 is 7.39. The summed E-state index contributed by atoms with van der Waals surface area (Å²) in [7, 11) is 1.49. The second-order valence-corrected chi connectivity index (χ2v) is 9.86. The number of pyridine rings is 1. The van der Waals surface area contributed by atoms with Crippen molar-refractivity contribution in [2.45, 2.75) is 26.4 Å². The number of nitrogens with two attached hydrogens (primary N) is 1. The zero-order valence-corrected chi connectivity index (χ0v) is 23.3. The number of hydrogen-bond donors (Lipinski definition) is 4. The van der Waals surface area contributed by atoms with E-state index in [-0.39, 0.29) is 23.9 Å². The van der Waals surface area contributed by atoms with Crippen LogP contribution in [0.4, 0.5) is 0 Å². The minimum Gasteiger partial charge on any atom is -0.497 e. The van der Waals surface area contributed by atoms with Gasteiger partial charge < -0.3 is 25.5 Å². The molecular formula is C33H31N5O4. The topological polar surface area (TPSA) is 143 Å². The molecule has 0 saturated heterocycles. The zero-order valence-electron chi connectivity index (χ0n) is 23.3. The summed E-state index contributed by atoms with van der Waals surface area (Å²) in [6.07, 6.45) is 4.22. The first kappa shape index (κ1) is 28.1. The molecule has 5 N–H and O–H groups in total. The van der Waals surface area contributed by atoms with Gasteiger partial charge in [-0.3, -0.25) is 15.2 Å². The largest absolute Gasteiger partial charge is 0.497 e. The predicted octanol–water partition coefficient (Wildman–Crippen LogP) is 5.23. The van der Waals surface area contributed by atoms with Gasteiger partial charge >= 0.3 is 5.97 Å². The molecule has 2 aromatic heterocycles. The molecule has 0 aliphatic rings. The summed E-state index contributed by atoms with van der Waals surface area (Å²) in [5.41, 5.74) is 11.6. The fraction of sp³-hybridized carbons (Fsp3) is 0.152. The number of rotatable bonds is 10. The van der Waals surface area contributed by atoms with Gasteiger partial charge in [-0.25, -0.2) is 4.79 Å². The van der Waals surface area contributed by atoms with Crippen LogP contribution >= 0.6 is 0 Å². The van der Waals surface area contributed by atoms with E-state index >= 15 is 0 Å². The van der Waals surface area contributed by atoms with E-state index in [0.717, 1.165) is 34.3 Å². The highest BCUT2D eigenvalue weighted by molar-refractivity contribution is 6.01. The summed E-state index contributed by atoms with van der Waals surface area (Å²) >= 11 is 0. The van der Waals surface area contributed by atoms with Crippen LogP contribution in [0.15, 0.2) is 85.2 Å². The Morgan fingerprint density at radius 2 is 1.81 bits per heavy atom. The Labute approximate surface area is 243 Å². The molecule has 0 spiro atoms. The second-order valence-electron chi connectivity index (χ2n) is 9.86. The van der Waals surface area contributed by atoms with Crippen molar-refractivity contribution in [1.82, 2.24) is 14.9 Å². The molecule has 0 aliphatic carbocycles. The molecule has 42 heavy (non-hydrogen) atoms. The van der Waals surface area contributed by atoms with Crippen LogP contribution in [0.2, 0.25) is 0 Å². The van der Waals surface area contributed by atoms with E-state index < -0.39 is 5.97 Å². The lowest BCUT2D eigenvalue weighted by molar-refractivity contribution is 0.0697. The average Bonchev–Trinajstić information content (AvgIpc) is 3.36. The van der Waals surface area contributed by atoms with Gasteiger partial charge in [0.2, 0.25) is 0 Å². The monoisotopic (exact) mass is 561 g/mol. The van der Waals surface area contributed by atoms with Crippen LogP contribution in [0.5, 0.6) is 5.75 Å². The number of nitrogens with one attached hydrogen (secondary N) is 2. The molecule has 5 aromatic rings. The van der Waals surface area contributed by atoms with E-state index in [1.165, 1.54) is 13.2 Å². The van der Waals surface area contributed by atoms with E-state index in [1.807, 2.05) is 49.4 Å². The van der Waals surface area contributed by atoms with E-state index in [0.29, 0.717) is 34.4 Å². The van der Waals surface area contributed by atoms with Crippen molar-refractivity contribution in [2.24, 2.45) is 5.73 Å². The number of benzene rings is 3. The zero-order chi connectivity index (χ0) is 29.8. The number of carbonyl (C=O) groups is 2. The molecule has 0 aliphatic heterocycles. The molecule has 0 bridgehead atoms. The number of carboxylic acids is 1. The molecular weight excluding hydrogens is 530 g/mol. The molecule has 1 amide bonds. The first-order valence-electron chi connectivity index (χ1n) is 13.5. The third-order valence-corrected chi connectivity index (χ3v) is 7.27. The van der Waals surface area contributed by atoms with E-state index in [9.17, 15) is 14.7 Å². The Hall–Kier alpha value is -5.44. The number of hydrogen-bond acceptors (Lipinski definition) is 5. The van der Waals surface area contributed by atoms with Crippen molar-refractivity contribution >= 4 is 28.6 Å². The number of carboxylic acid groups (broad SMARTS) is 1. The third-order valence-electron chi connectivity index (χ3n) is 7.27. The standard InChI is InChI=1S/C33H31N5O4/c1-3-38-19-23(26-11-9-21(31(34)35)16-30(26)38)14-20-7-8-22(32(39)37-18-24-6-4-5-13-36-24)15-28(20)27-12-10-25(42-2)17-29(27)33(40)41/h4-13,15-17,19H,3,14,18H2,1-2H3,(H3,34,35)(H,37,39)(H,40,41). The molecule has 9 nitrogen and oxygen atoms in total. The SMILES string of the molecule is CCn1cc(Cc2ccc(C(=O)NCc3ccccn3)cc2-c2ccc(OC)cc2C(=O)O)c2ccc(C(=N)N)cc21. The predicted molar refractivity (Wildman–Crippen MR) is 162 cm³/mol. The highest BCUT2D eigenvalue weighted by atomic mass is 16.5. The van der Waals surface area contributed by atoms with Gasteiger partial charge in [-0.05, 0) is 77.7 Å². The number of nitrogens with zero attached hydrogens (tertiary/aromatic N) is 2. The van der Waals surface area contributed by atoms with Gasteiger partial charge in [-0.2, -0.15) is 0 Å². The van der Waals surface area contributed by atoms with Crippen molar-refractivity contribution in [3.63, 3.8) is 0 Å². The van der Waals surface area contributed by atoms with E-state index in [4.69, 9.17) is 15.9 Å². The molecule has 212 valence electrons. The highest BCUT2D eigenvalue weighted by Gasteiger charge is 2.20. The van der Waals surface area contributed by atoms with Gasteiger partial charge in [0.25, 0.3) is 5.91 Å². The lowest BCUT2D eigenvalue weighted by Crippen LogP contribution is -2.23. The molecule has 3 aromatic carbocycles. The number of amides is 1. The summed E-state index contributed by atoms with van der Waals surface area (Å²) in [4.78, 5) is 29.8. The van der Waals surface area contributed by atoms with Gasteiger partial charge in [0, 0.05) is 47.4 Å². The van der Waals surface area contributed by atoms with Gasteiger partial charge in [-0.1, -0.05) is 24.3 Å². The van der Waals surface area contributed by atoms with Crippen LogP contribution in [0.3, 0.4) is 0 Å². The van der Waals surface area contributed by atoms with E-state index in [2.05, 4.69) is 21.1 Å². The minimum absolute atomic E-state index is 0.00204. The first-order chi connectivity index (χ1) is 20.3. The number of aromatic carboxylic acids is 1. The maximum absolute atomic E-state index is 13.2. The lowest BCUT2D eigenvalue weighted by Gasteiger charge is -2.15. The van der Waals surface area contributed by atoms with Crippen LogP contribution < -0.4 is 15.8 Å². The molecule has 2 heterocycles. The van der Waals surface area contributed by atoms with Crippen molar-refractivity contribution in [2.75, 3.05) is 7.11 Å². The normalized spacial score (nSPS) is 10.9. The highest BCUT2D eigenvalue weighted by Crippen LogP contribution is 2.34. The van der Waals surface area contributed by atoms with Crippen molar-refractivity contribution in [3.8, 4) is 16.9 Å². The summed E-state index contributed by atoms with van der Waals surface area (Å²) in [5, 5.41) is 21.8. The maximum Gasteiger partial charge on any atom is 0.336 e. The number of methoxy groups -OCH3 is 1. The fourth-order valence-electron chi connectivity index (χ4n) is 5.10. The molecule has 0 radical (unpaired) electrons. The van der Waals surface area contributed by atoms with Crippen LogP contribution in [0, 0.1) is 5.41 Å². The second kappa shape index (κ2) is 12.0. The first-order valence-corrected chi connectivity index (χ1v) is 13.5. The summed E-state index contributed by atoms with van der Waals surface area (Å²) in [5.74, 6) is -0.964. The maximum atomic E-state index is 13.2. The molecule has 0 fully saturated rings. The Morgan fingerprint density at radius 1 is 1.00 bits per heavy atom. The van der Waals surface area contributed by atoms with Gasteiger partial charge in [0.1, 0.15) is 11.6 Å². The summed E-state index contributed by atoms with van der Waals surface area (Å²) in [6.45, 7) is 3.03. The number of aryl methyl sites for hydroxylation is 1. The van der Waals surface area contributed by atoms with Crippen LogP contribution in [0.1, 0.15) is 50.0 Å². The van der Waals surface area contributed by atoms with Crippen molar-refractivity contribution < 1.29 is 19.4 Å². The molecule has 9 heteroatoms. The Bertz CT molecular complexity index is 1810. The fourth-order valence-corrected chi connectivity index (χ4v) is 5.10. The van der Waals surface area contributed by atoms with Crippen LogP contribution in [-0.2, 0) is 19.5 Å². The summed E-state index contributed by atoms with van der Waals surface area (Å²) in [6, 6.07) is 21.5. The van der Waals surface area contributed by atoms with Gasteiger partial charge in [-0.15, -0.1) is 0 Å². The number of fused-ring (bicyclic) bond motifs is 1. The molecule has 5 rings (SSSR count). The van der Waals surface area contributed by atoms with Crippen molar-refractivity contribution in [3.05, 3.63) is 119 Å². The number of amidine groups is 1. The van der Waals surface area contributed by atoms with Gasteiger partial charge in [0.05, 0.1) is 24.9 Å². The smallest absolute Gasteiger partial charge is 0.336 e. The Morgan fingerprint density at radius 3 is 2.50 bits per heavy atom. The lowest BCUT2D eigenvalue weighted by atomic mass is 9.90. The number of ether oxygens (including phenoxy) is 1. The van der Waals surface area contributed by atoms with Crippen molar-refractivity contribution in [1.29, 1.82) is 5.41 Å². The number of aromatic nitrogens is 2. The molecule has 0 unspecified atom stereocenters. The number of carbonyl (C=O) groups excluding carboxylic acids is 1. The van der Waals surface area contributed by atoms with Crippen LogP contribution in [0.25, 0.3) is 22.0 Å².